The SMILES string of the molecule is CC1CCCN1c1ccc([N+](=O)[O-])cc1.CCC1CCC(C)N(c2ccc([N+](=O)[O-])cc2)C1.CCCCN(CCCC)c1ccc([N+](=O)[O-])cc1.O=[N+]([O-])c1ccc(N2CC[C@H]3CCCC[C@@H]3C2)cc1. The number of hydrogen-bond acceptors (Lipinski definition) is 12. The molecular weight excluding hydrogens is 889 g/mol. The zero-order valence-corrected chi connectivity index (χ0v) is 42.1. The monoisotopic (exact) mass is 965 g/mol. The highest BCUT2D eigenvalue weighted by Gasteiger charge is 2.31. The van der Waals surface area contributed by atoms with E-state index in [1.807, 2.05) is 48.5 Å². The molecule has 4 aromatic rings. The van der Waals surface area contributed by atoms with Crippen LogP contribution in [-0.2, 0) is 0 Å². The van der Waals surface area contributed by atoms with Gasteiger partial charge in [-0.05, 0) is 131 Å². The van der Waals surface area contributed by atoms with Gasteiger partial charge in [-0.25, -0.2) is 0 Å². The van der Waals surface area contributed by atoms with Crippen LogP contribution in [0.25, 0.3) is 0 Å². The average molecular weight is 965 g/mol. The first-order chi connectivity index (χ1) is 33.7. The first-order valence-corrected chi connectivity index (χ1v) is 25.7. The van der Waals surface area contributed by atoms with E-state index in [0.29, 0.717) is 12.1 Å². The van der Waals surface area contributed by atoms with Crippen molar-refractivity contribution in [2.24, 2.45) is 17.8 Å². The number of benzene rings is 4. The summed E-state index contributed by atoms with van der Waals surface area (Å²) in [4.78, 5) is 50.4. The molecule has 16 heteroatoms. The summed E-state index contributed by atoms with van der Waals surface area (Å²) in [5, 5.41) is 42.4. The number of nitro benzene ring substituents is 4. The predicted molar refractivity (Wildman–Crippen MR) is 283 cm³/mol. The summed E-state index contributed by atoms with van der Waals surface area (Å²) in [5.41, 5.74) is 5.07. The van der Waals surface area contributed by atoms with E-state index in [4.69, 9.17) is 0 Å². The standard InChI is InChI=1S/C15H20N2O2.C14H20N2O2.C14H22N2O2.C11H14N2O2/c18-17(19)15-7-5-14(6-8-15)16-10-9-12-3-1-2-4-13(12)11-16;1-3-12-5-4-11(2)15(10-12)13-6-8-14(9-7-13)16(17)18;1-3-5-11-15(12-6-4-2)13-7-9-14(10-8-13)16(17)18;1-9-3-2-8-12(9)10-4-6-11(7-5-10)13(14)15/h5-8,12-13H,1-4,9-11H2;6-9,11-12H,3-5,10H2,1-2H3;7-10H,3-6,11-12H2,1-2H3;4-7,9H,2-3,8H2,1H3/t12-,13-;;;/m1.../s1. The van der Waals surface area contributed by atoms with E-state index in [2.05, 4.69) is 54.2 Å². The number of fused-ring (bicyclic) bond motifs is 1. The van der Waals surface area contributed by atoms with Gasteiger partial charge in [0, 0.05) is 123 Å². The van der Waals surface area contributed by atoms with E-state index < -0.39 is 0 Å². The predicted octanol–water partition coefficient (Wildman–Crippen LogP) is 13.8. The Bertz CT molecular complexity index is 2220. The third-order valence-corrected chi connectivity index (χ3v) is 14.6. The van der Waals surface area contributed by atoms with E-state index in [-0.39, 0.29) is 42.4 Å². The number of nitro groups is 4. The largest absolute Gasteiger partial charge is 0.372 e. The van der Waals surface area contributed by atoms with Gasteiger partial charge in [0.25, 0.3) is 22.7 Å². The van der Waals surface area contributed by atoms with Crippen molar-refractivity contribution < 1.29 is 19.7 Å². The highest BCUT2D eigenvalue weighted by molar-refractivity contribution is 5.54. The number of hydrogen-bond donors (Lipinski definition) is 0. The molecule has 0 N–H and O–H groups in total. The Hall–Kier alpha value is -6.32. The molecule has 16 nitrogen and oxygen atoms in total. The molecule has 4 aliphatic rings. The van der Waals surface area contributed by atoms with Crippen molar-refractivity contribution in [2.75, 3.05) is 58.9 Å². The van der Waals surface area contributed by atoms with Gasteiger partial charge < -0.3 is 19.6 Å². The van der Waals surface area contributed by atoms with Crippen LogP contribution >= 0.6 is 0 Å². The van der Waals surface area contributed by atoms with Crippen LogP contribution in [0.2, 0.25) is 0 Å². The molecule has 3 aliphatic heterocycles. The third kappa shape index (κ3) is 16.1. The molecular formula is C54H76N8O8. The minimum Gasteiger partial charge on any atom is -0.372 e. The van der Waals surface area contributed by atoms with Gasteiger partial charge >= 0.3 is 0 Å². The minimum atomic E-state index is -0.364. The van der Waals surface area contributed by atoms with Gasteiger partial charge in [0.2, 0.25) is 0 Å². The molecule has 0 aromatic heterocycles. The quantitative estimate of drug-likeness (QED) is 0.0812. The fourth-order valence-electron chi connectivity index (χ4n) is 10.2. The van der Waals surface area contributed by atoms with Crippen molar-refractivity contribution in [3.05, 3.63) is 138 Å². The molecule has 1 saturated carbocycles. The number of unbranched alkanes of at least 4 members (excludes halogenated alkanes) is 2. The highest BCUT2D eigenvalue weighted by Crippen LogP contribution is 2.38. The van der Waals surface area contributed by atoms with Crippen LogP contribution in [0.1, 0.15) is 125 Å². The van der Waals surface area contributed by atoms with Crippen LogP contribution in [0.3, 0.4) is 0 Å². The fourth-order valence-corrected chi connectivity index (χ4v) is 10.2. The number of rotatable bonds is 15. The van der Waals surface area contributed by atoms with Crippen molar-refractivity contribution in [1.29, 1.82) is 0 Å². The highest BCUT2D eigenvalue weighted by atomic mass is 16.6. The first-order valence-electron chi connectivity index (χ1n) is 25.7. The Kier molecular flexibility index (Phi) is 21.7. The van der Waals surface area contributed by atoms with E-state index in [1.54, 1.807) is 48.5 Å². The number of nitrogens with zero attached hydrogens (tertiary/aromatic N) is 8. The van der Waals surface area contributed by atoms with Crippen molar-refractivity contribution in [1.82, 2.24) is 0 Å². The minimum absolute atomic E-state index is 0.157. The second-order valence-corrected chi connectivity index (χ2v) is 19.4. The lowest BCUT2D eigenvalue weighted by molar-refractivity contribution is -0.385. The van der Waals surface area contributed by atoms with Gasteiger partial charge in [-0.3, -0.25) is 40.5 Å². The van der Waals surface area contributed by atoms with Crippen molar-refractivity contribution in [3.63, 3.8) is 0 Å². The number of piperidine rings is 2. The van der Waals surface area contributed by atoms with E-state index in [9.17, 15) is 40.5 Å². The molecule has 4 aromatic carbocycles. The van der Waals surface area contributed by atoms with Crippen LogP contribution in [-0.4, -0.2) is 71.0 Å². The third-order valence-electron chi connectivity index (χ3n) is 14.6. The summed E-state index contributed by atoms with van der Waals surface area (Å²) in [6, 6.07) is 28.7. The molecule has 8 rings (SSSR count). The normalized spacial score (nSPS) is 20.5. The lowest BCUT2D eigenvalue weighted by atomic mass is 9.75. The molecule has 3 unspecified atom stereocenters. The van der Waals surface area contributed by atoms with Gasteiger partial charge in [-0.15, -0.1) is 0 Å². The van der Waals surface area contributed by atoms with Crippen LogP contribution < -0.4 is 19.6 Å². The maximum absolute atomic E-state index is 10.7. The van der Waals surface area contributed by atoms with Crippen LogP contribution in [0.15, 0.2) is 97.1 Å². The lowest BCUT2D eigenvalue weighted by Crippen LogP contribution is -2.41. The van der Waals surface area contributed by atoms with Gasteiger partial charge in [-0.2, -0.15) is 0 Å². The average Bonchev–Trinajstić information content (AvgIpc) is 3.82. The molecule has 3 saturated heterocycles. The Morgan fingerprint density at radius 2 is 0.929 bits per heavy atom. The van der Waals surface area contributed by atoms with Crippen LogP contribution in [0, 0.1) is 58.2 Å². The van der Waals surface area contributed by atoms with Crippen molar-refractivity contribution in [3.8, 4) is 0 Å². The zero-order valence-electron chi connectivity index (χ0n) is 42.1. The van der Waals surface area contributed by atoms with E-state index in [0.717, 1.165) is 105 Å². The Morgan fingerprint density at radius 1 is 0.486 bits per heavy atom. The van der Waals surface area contributed by atoms with Gasteiger partial charge in [0.1, 0.15) is 0 Å². The molecule has 380 valence electrons. The molecule has 4 fully saturated rings. The summed E-state index contributed by atoms with van der Waals surface area (Å²) in [6.07, 6.45) is 17.6. The summed E-state index contributed by atoms with van der Waals surface area (Å²) in [6.45, 7) is 17.4. The molecule has 0 bridgehead atoms. The molecule has 5 atom stereocenters. The number of anilines is 4. The van der Waals surface area contributed by atoms with Gasteiger partial charge in [0.15, 0.2) is 0 Å². The second kappa shape index (κ2) is 27.8. The molecule has 0 spiro atoms. The summed E-state index contributed by atoms with van der Waals surface area (Å²) in [5.74, 6) is 2.50. The molecule has 3 heterocycles. The zero-order chi connectivity index (χ0) is 50.6. The summed E-state index contributed by atoms with van der Waals surface area (Å²) in [7, 11) is 0. The van der Waals surface area contributed by atoms with E-state index in [1.165, 1.54) is 64.2 Å². The van der Waals surface area contributed by atoms with Crippen LogP contribution in [0.4, 0.5) is 45.5 Å². The topological polar surface area (TPSA) is 186 Å². The summed E-state index contributed by atoms with van der Waals surface area (Å²) >= 11 is 0. The Labute approximate surface area is 414 Å². The molecule has 0 radical (unpaired) electrons. The van der Waals surface area contributed by atoms with Crippen LogP contribution in [0.5, 0.6) is 0 Å². The fraction of sp³-hybridized carbons (Fsp3) is 0.556. The Balaban J connectivity index is 0.000000174. The number of non-ortho nitro benzene ring substituents is 4. The smallest absolute Gasteiger partial charge is 0.269 e. The maximum atomic E-state index is 10.7. The van der Waals surface area contributed by atoms with Crippen molar-refractivity contribution >= 4 is 45.5 Å². The maximum Gasteiger partial charge on any atom is 0.269 e. The summed E-state index contributed by atoms with van der Waals surface area (Å²) < 4.78 is 0. The second-order valence-electron chi connectivity index (χ2n) is 19.4. The Morgan fingerprint density at radius 3 is 1.37 bits per heavy atom. The first kappa shape index (κ1) is 54.6. The van der Waals surface area contributed by atoms with Gasteiger partial charge in [0.05, 0.1) is 19.7 Å². The molecule has 70 heavy (non-hydrogen) atoms. The molecule has 0 amide bonds. The molecule has 1 aliphatic carbocycles. The van der Waals surface area contributed by atoms with Crippen molar-refractivity contribution in [2.45, 2.75) is 137 Å². The lowest BCUT2D eigenvalue weighted by Gasteiger charge is -2.42. The van der Waals surface area contributed by atoms with E-state index >= 15 is 0 Å². The van der Waals surface area contributed by atoms with Gasteiger partial charge in [-0.1, -0.05) is 59.3 Å².